The van der Waals surface area contributed by atoms with Crippen LogP contribution in [0.4, 0.5) is 5.69 Å². The van der Waals surface area contributed by atoms with Gasteiger partial charge in [0.1, 0.15) is 0 Å². The van der Waals surface area contributed by atoms with Crippen molar-refractivity contribution in [1.82, 2.24) is 0 Å². The van der Waals surface area contributed by atoms with Gasteiger partial charge >= 0.3 is 0 Å². The van der Waals surface area contributed by atoms with Crippen LogP contribution in [0.5, 0.6) is 11.5 Å². The van der Waals surface area contributed by atoms with Crippen molar-refractivity contribution >= 4 is 5.69 Å². The van der Waals surface area contributed by atoms with Gasteiger partial charge in [0.05, 0.1) is 31.3 Å². The van der Waals surface area contributed by atoms with Crippen molar-refractivity contribution in [2.24, 2.45) is 11.7 Å². The molecule has 0 bridgehead atoms. The minimum absolute atomic E-state index is 0.0500. The van der Waals surface area contributed by atoms with Crippen molar-refractivity contribution in [1.29, 1.82) is 0 Å². The zero-order valence-corrected chi connectivity index (χ0v) is 11.3. The highest BCUT2D eigenvalue weighted by molar-refractivity contribution is 5.54. The Labute approximate surface area is 116 Å². The Bertz CT molecular complexity index is 486. The van der Waals surface area contributed by atoms with Crippen molar-refractivity contribution in [2.75, 3.05) is 26.9 Å². The van der Waals surface area contributed by atoms with E-state index in [4.69, 9.17) is 19.9 Å². The highest BCUT2D eigenvalue weighted by Gasteiger charge is 2.21. The highest BCUT2D eigenvalue weighted by atomic mass is 16.6. The fraction of sp³-hybridized carbons (Fsp3) is 0.538. The lowest BCUT2D eigenvalue weighted by Crippen LogP contribution is -2.12. The first-order valence-corrected chi connectivity index (χ1v) is 6.41. The molecule has 1 aliphatic rings. The molecule has 0 aliphatic carbocycles. The summed E-state index contributed by atoms with van der Waals surface area (Å²) in [7, 11) is 1.49. The third-order valence-corrected chi connectivity index (χ3v) is 3.28. The summed E-state index contributed by atoms with van der Waals surface area (Å²) in [4.78, 5) is 10.6. The fourth-order valence-corrected chi connectivity index (χ4v) is 2.12. The SMILES string of the molecule is COc1cc(CN)c([N+](=O)[O-])cc1OCC1CCOC1. The molecule has 1 atom stereocenters. The standard InChI is InChI=1S/C13H18N2O5/c1-18-12-4-10(6-14)11(15(16)17)5-13(12)20-8-9-2-3-19-7-9/h4-5,9H,2-3,6-8,14H2,1H3. The molecule has 7 nitrogen and oxygen atoms in total. The number of nitrogens with zero attached hydrogens (tertiary/aromatic N) is 1. The van der Waals surface area contributed by atoms with Crippen LogP contribution >= 0.6 is 0 Å². The third-order valence-electron chi connectivity index (χ3n) is 3.28. The van der Waals surface area contributed by atoms with Crippen LogP contribution in [0.1, 0.15) is 12.0 Å². The summed E-state index contributed by atoms with van der Waals surface area (Å²) in [5.41, 5.74) is 5.89. The second kappa shape index (κ2) is 6.53. The van der Waals surface area contributed by atoms with Gasteiger partial charge in [-0.1, -0.05) is 0 Å². The Hall–Kier alpha value is -1.86. The second-order valence-electron chi connectivity index (χ2n) is 4.63. The molecule has 20 heavy (non-hydrogen) atoms. The minimum atomic E-state index is -0.465. The Morgan fingerprint density at radius 1 is 1.50 bits per heavy atom. The van der Waals surface area contributed by atoms with Crippen molar-refractivity contribution in [3.8, 4) is 11.5 Å². The van der Waals surface area contributed by atoms with Gasteiger partial charge in [0, 0.05) is 24.6 Å². The lowest BCUT2D eigenvalue weighted by atomic mass is 10.1. The highest BCUT2D eigenvalue weighted by Crippen LogP contribution is 2.35. The molecule has 1 saturated heterocycles. The Balaban J connectivity index is 2.20. The van der Waals surface area contributed by atoms with Crippen molar-refractivity contribution < 1.29 is 19.1 Å². The summed E-state index contributed by atoms with van der Waals surface area (Å²) < 4.78 is 16.1. The number of ether oxygens (including phenoxy) is 3. The lowest BCUT2D eigenvalue weighted by Gasteiger charge is -2.14. The fourth-order valence-electron chi connectivity index (χ4n) is 2.12. The molecular weight excluding hydrogens is 264 g/mol. The predicted octanol–water partition coefficient (Wildman–Crippen LogP) is 1.48. The van der Waals surface area contributed by atoms with Gasteiger partial charge in [0.15, 0.2) is 11.5 Å². The van der Waals surface area contributed by atoms with Crippen LogP contribution in [0.2, 0.25) is 0 Å². The van der Waals surface area contributed by atoms with E-state index in [-0.39, 0.29) is 12.2 Å². The largest absolute Gasteiger partial charge is 0.493 e. The van der Waals surface area contributed by atoms with E-state index in [1.54, 1.807) is 6.07 Å². The molecule has 0 amide bonds. The number of hydrogen-bond acceptors (Lipinski definition) is 6. The molecule has 110 valence electrons. The third kappa shape index (κ3) is 3.17. The van der Waals surface area contributed by atoms with E-state index in [2.05, 4.69) is 0 Å². The smallest absolute Gasteiger partial charge is 0.277 e. The topological polar surface area (TPSA) is 96.9 Å². The van der Waals surface area contributed by atoms with Crippen molar-refractivity contribution in [3.63, 3.8) is 0 Å². The monoisotopic (exact) mass is 282 g/mol. The number of nitro benzene ring substituents is 1. The number of methoxy groups -OCH3 is 1. The molecule has 0 saturated carbocycles. The minimum Gasteiger partial charge on any atom is -0.493 e. The maximum absolute atomic E-state index is 11.0. The summed E-state index contributed by atoms with van der Waals surface area (Å²) in [6, 6.07) is 2.93. The second-order valence-corrected chi connectivity index (χ2v) is 4.63. The number of hydrogen-bond donors (Lipinski definition) is 1. The van der Waals surface area contributed by atoms with Gasteiger partial charge in [-0.05, 0) is 12.5 Å². The molecule has 0 aromatic heterocycles. The van der Waals surface area contributed by atoms with Crippen LogP contribution in [0, 0.1) is 16.0 Å². The van der Waals surface area contributed by atoms with E-state index < -0.39 is 4.92 Å². The Kier molecular flexibility index (Phi) is 4.75. The molecule has 1 aromatic carbocycles. The molecule has 0 radical (unpaired) electrons. The summed E-state index contributed by atoms with van der Waals surface area (Å²) in [5.74, 6) is 1.13. The maximum atomic E-state index is 11.0. The normalized spacial score (nSPS) is 18.0. The molecule has 0 spiro atoms. The van der Waals surface area contributed by atoms with Crippen LogP contribution in [0.3, 0.4) is 0 Å². The Morgan fingerprint density at radius 2 is 2.30 bits per heavy atom. The molecule has 2 N–H and O–H groups in total. The quantitative estimate of drug-likeness (QED) is 0.627. The van der Waals surface area contributed by atoms with Gasteiger partial charge < -0.3 is 19.9 Å². The Morgan fingerprint density at radius 3 is 2.85 bits per heavy atom. The van der Waals surface area contributed by atoms with Crippen LogP contribution in [0.15, 0.2) is 12.1 Å². The molecule has 7 heteroatoms. The molecular formula is C13H18N2O5. The number of rotatable bonds is 6. The average Bonchev–Trinajstić information content (AvgIpc) is 2.97. The van der Waals surface area contributed by atoms with Crippen molar-refractivity contribution in [3.05, 3.63) is 27.8 Å². The summed E-state index contributed by atoms with van der Waals surface area (Å²) in [6.07, 6.45) is 0.936. The van der Waals surface area contributed by atoms with E-state index in [0.29, 0.717) is 36.2 Å². The molecule has 2 rings (SSSR count). The van der Waals surface area contributed by atoms with Gasteiger partial charge in [0.25, 0.3) is 5.69 Å². The first-order chi connectivity index (χ1) is 9.65. The van der Waals surface area contributed by atoms with Crippen LogP contribution in [-0.4, -0.2) is 31.9 Å². The zero-order valence-electron chi connectivity index (χ0n) is 11.3. The zero-order chi connectivity index (χ0) is 14.5. The summed E-state index contributed by atoms with van der Waals surface area (Å²) in [6.45, 7) is 1.92. The van der Waals surface area contributed by atoms with E-state index in [1.165, 1.54) is 13.2 Å². The maximum Gasteiger partial charge on any atom is 0.277 e. The van der Waals surface area contributed by atoms with Gasteiger partial charge in [0.2, 0.25) is 0 Å². The van der Waals surface area contributed by atoms with Crippen LogP contribution < -0.4 is 15.2 Å². The van der Waals surface area contributed by atoms with Gasteiger partial charge in [-0.25, -0.2) is 0 Å². The number of nitro groups is 1. The van der Waals surface area contributed by atoms with Crippen molar-refractivity contribution in [2.45, 2.75) is 13.0 Å². The average molecular weight is 282 g/mol. The van der Waals surface area contributed by atoms with Gasteiger partial charge in [-0.3, -0.25) is 10.1 Å². The molecule has 1 unspecified atom stereocenters. The number of nitrogens with two attached hydrogens (primary N) is 1. The van der Waals surface area contributed by atoms with Gasteiger partial charge in [-0.2, -0.15) is 0 Å². The first kappa shape index (κ1) is 14.5. The number of benzene rings is 1. The van der Waals surface area contributed by atoms with Gasteiger partial charge in [-0.15, -0.1) is 0 Å². The molecule has 1 heterocycles. The summed E-state index contributed by atoms with van der Waals surface area (Å²) in [5, 5.41) is 11.0. The van der Waals surface area contributed by atoms with E-state index >= 15 is 0 Å². The van der Waals surface area contributed by atoms with E-state index in [1.807, 2.05) is 0 Å². The molecule has 1 aliphatic heterocycles. The lowest BCUT2D eigenvalue weighted by molar-refractivity contribution is -0.385. The van der Waals surface area contributed by atoms with Crippen LogP contribution in [0.25, 0.3) is 0 Å². The first-order valence-electron chi connectivity index (χ1n) is 6.41. The van der Waals surface area contributed by atoms with E-state index in [0.717, 1.165) is 13.0 Å². The summed E-state index contributed by atoms with van der Waals surface area (Å²) >= 11 is 0. The predicted molar refractivity (Wildman–Crippen MR) is 72.0 cm³/mol. The van der Waals surface area contributed by atoms with E-state index in [9.17, 15) is 10.1 Å². The van der Waals surface area contributed by atoms with Crippen LogP contribution in [-0.2, 0) is 11.3 Å². The molecule has 1 fully saturated rings. The molecule has 1 aromatic rings.